The molecule has 0 saturated heterocycles. The van der Waals surface area contributed by atoms with Crippen LogP contribution in [0.1, 0.15) is 50.1 Å². The quantitative estimate of drug-likeness (QED) is 0.780. The Morgan fingerprint density at radius 1 is 1.20 bits per heavy atom. The summed E-state index contributed by atoms with van der Waals surface area (Å²) in [5.41, 5.74) is 2.72. The van der Waals surface area contributed by atoms with E-state index in [1.807, 2.05) is 6.20 Å². The molecule has 0 aliphatic rings. The summed E-state index contributed by atoms with van der Waals surface area (Å²) in [6, 6.07) is 8.90. The van der Waals surface area contributed by atoms with Gasteiger partial charge in [0.25, 0.3) is 0 Å². The Morgan fingerprint density at radius 3 is 2.60 bits per heavy atom. The molecule has 0 radical (unpaired) electrons. The Labute approximate surface area is 122 Å². The average molecular weight is 271 g/mol. The van der Waals surface area contributed by atoms with Gasteiger partial charge in [-0.3, -0.25) is 0 Å². The lowest BCUT2D eigenvalue weighted by molar-refractivity contribution is 0.615. The van der Waals surface area contributed by atoms with Gasteiger partial charge in [-0.2, -0.15) is 0 Å². The van der Waals surface area contributed by atoms with Gasteiger partial charge in [-0.15, -0.1) is 0 Å². The van der Waals surface area contributed by atoms with Crippen molar-refractivity contribution in [1.82, 2.24) is 14.9 Å². The van der Waals surface area contributed by atoms with Crippen LogP contribution in [0.2, 0.25) is 0 Å². The Kier molecular flexibility index (Phi) is 5.36. The van der Waals surface area contributed by atoms with E-state index in [4.69, 9.17) is 0 Å². The number of nitrogens with one attached hydrogen (secondary N) is 1. The first-order valence-electron chi connectivity index (χ1n) is 7.50. The minimum Gasteiger partial charge on any atom is -0.329 e. The summed E-state index contributed by atoms with van der Waals surface area (Å²) in [6.45, 7) is 9.39. The molecule has 0 aliphatic carbocycles. The third-order valence-electron chi connectivity index (χ3n) is 3.51. The van der Waals surface area contributed by atoms with Gasteiger partial charge in [-0.1, -0.05) is 45.0 Å². The second kappa shape index (κ2) is 7.25. The molecule has 108 valence electrons. The van der Waals surface area contributed by atoms with E-state index in [-0.39, 0.29) is 0 Å². The third-order valence-corrected chi connectivity index (χ3v) is 3.51. The van der Waals surface area contributed by atoms with Gasteiger partial charge in [-0.25, -0.2) is 4.98 Å². The van der Waals surface area contributed by atoms with Crippen molar-refractivity contribution >= 4 is 0 Å². The molecule has 3 heteroatoms. The number of hydrogen-bond acceptors (Lipinski definition) is 2. The number of imidazole rings is 1. The second-order valence-corrected chi connectivity index (χ2v) is 5.54. The maximum atomic E-state index is 4.43. The van der Waals surface area contributed by atoms with E-state index in [1.54, 1.807) is 0 Å². The van der Waals surface area contributed by atoms with Gasteiger partial charge in [0, 0.05) is 18.9 Å². The molecule has 1 aromatic heterocycles. The van der Waals surface area contributed by atoms with E-state index in [9.17, 15) is 0 Å². The molecule has 1 N–H and O–H groups in total. The molecule has 0 aliphatic heterocycles. The first-order valence-corrected chi connectivity index (χ1v) is 7.50. The van der Waals surface area contributed by atoms with E-state index >= 15 is 0 Å². The fourth-order valence-corrected chi connectivity index (χ4v) is 2.23. The summed E-state index contributed by atoms with van der Waals surface area (Å²) >= 11 is 0. The zero-order chi connectivity index (χ0) is 14.4. The number of benzene rings is 1. The fourth-order valence-electron chi connectivity index (χ4n) is 2.23. The number of hydrogen-bond donors (Lipinski definition) is 1. The molecule has 0 spiro atoms. The molecule has 2 rings (SSSR count). The van der Waals surface area contributed by atoms with Crippen LogP contribution in [0, 0.1) is 0 Å². The van der Waals surface area contributed by atoms with E-state index in [0.717, 1.165) is 31.9 Å². The van der Waals surface area contributed by atoms with Crippen LogP contribution in [-0.2, 0) is 13.1 Å². The van der Waals surface area contributed by atoms with Crippen LogP contribution in [0.25, 0.3) is 0 Å². The third kappa shape index (κ3) is 3.94. The predicted octanol–water partition coefficient (Wildman–Crippen LogP) is 3.55. The van der Waals surface area contributed by atoms with Crippen molar-refractivity contribution in [2.24, 2.45) is 0 Å². The van der Waals surface area contributed by atoms with Crippen LogP contribution in [0.5, 0.6) is 0 Å². The molecular weight excluding hydrogens is 246 g/mol. The van der Waals surface area contributed by atoms with Gasteiger partial charge in [0.1, 0.15) is 5.82 Å². The van der Waals surface area contributed by atoms with Gasteiger partial charge < -0.3 is 9.88 Å². The monoisotopic (exact) mass is 271 g/mol. The standard InChI is InChI=1S/C17H25N3/c1-4-9-18-12-17-19-10-11-20(17)13-15-5-7-16(8-6-15)14(2)3/h5-8,10-11,14,18H,4,9,12-13H2,1-3H3. The van der Waals surface area contributed by atoms with Crippen molar-refractivity contribution < 1.29 is 0 Å². The van der Waals surface area contributed by atoms with E-state index in [1.165, 1.54) is 11.1 Å². The molecule has 2 aromatic rings. The zero-order valence-corrected chi connectivity index (χ0v) is 12.8. The lowest BCUT2D eigenvalue weighted by Gasteiger charge is -2.10. The lowest BCUT2D eigenvalue weighted by atomic mass is 10.0. The summed E-state index contributed by atoms with van der Waals surface area (Å²) in [6.07, 6.45) is 5.09. The molecule has 20 heavy (non-hydrogen) atoms. The van der Waals surface area contributed by atoms with Crippen LogP contribution in [-0.4, -0.2) is 16.1 Å². The van der Waals surface area contributed by atoms with Gasteiger partial charge in [-0.05, 0) is 30.0 Å². The highest BCUT2D eigenvalue weighted by atomic mass is 15.1. The van der Waals surface area contributed by atoms with Gasteiger partial charge in [0.05, 0.1) is 6.54 Å². The maximum absolute atomic E-state index is 4.43. The number of rotatable bonds is 7. The Balaban J connectivity index is 2.00. The van der Waals surface area contributed by atoms with E-state index in [0.29, 0.717) is 5.92 Å². The second-order valence-electron chi connectivity index (χ2n) is 5.54. The predicted molar refractivity (Wildman–Crippen MR) is 83.9 cm³/mol. The molecule has 3 nitrogen and oxygen atoms in total. The largest absolute Gasteiger partial charge is 0.329 e. The van der Waals surface area contributed by atoms with Crippen molar-refractivity contribution in [1.29, 1.82) is 0 Å². The lowest BCUT2D eigenvalue weighted by Crippen LogP contribution is -2.17. The Hall–Kier alpha value is -1.61. The van der Waals surface area contributed by atoms with Crippen LogP contribution >= 0.6 is 0 Å². The molecular formula is C17H25N3. The molecule has 0 bridgehead atoms. The Morgan fingerprint density at radius 2 is 1.95 bits per heavy atom. The summed E-state index contributed by atoms with van der Waals surface area (Å²) in [5, 5.41) is 3.40. The Bertz CT molecular complexity index is 511. The molecule has 0 unspecified atom stereocenters. The van der Waals surface area contributed by atoms with Crippen molar-refractivity contribution in [3.8, 4) is 0 Å². The molecule has 1 aromatic carbocycles. The highest BCUT2D eigenvalue weighted by Crippen LogP contribution is 2.15. The summed E-state index contributed by atoms with van der Waals surface area (Å²) in [7, 11) is 0. The maximum Gasteiger partial charge on any atom is 0.122 e. The zero-order valence-electron chi connectivity index (χ0n) is 12.8. The van der Waals surface area contributed by atoms with Crippen molar-refractivity contribution in [2.75, 3.05) is 6.54 Å². The van der Waals surface area contributed by atoms with E-state index < -0.39 is 0 Å². The van der Waals surface area contributed by atoms with E-state index in [2.05, 4.69) is 66.1 Å². The highest BCUT2D eigenvalue weighted by molar-refractivity contribution is 5.25. The van der Waals surface area contributed by atoms with Crippen molar-refractivity contribution in [3.05, 3.63) is 53.6 Å². The number of aromatic nitrogens is 2. The van der Waals surface area contributed by atoms with Gasteiger partial charge in [0.2, 0.25) is 0 Å². The molecule has 1 heterocycles. The smallest absolute Gasteiger partial charge is 0.122 e. The minimum atomic E-state index is 0.589. The first-order chi connectivity index (χ1) is 9.70. The molecule has 0 fully saturated rings. The first kappa shape index (κ1) is 14.8. The average Bonchev–Trinajstić information content (AvgIpc) is 2.87. The molecule has 0 saturated carbocycles. The normalized spacial score (nSPS) is 11.2. The summed E-state index contributed by atoms with van der Waals surface area (Å²) in [5.74, 6) is 1.69. The SMILES string of the molecule is CCCNCc1nccn1Cc1ccc(C(C)C)cc1. The van der Waals surface area contributed by atoms with Crippen LogP contribution in [0.3, 0.4) is 0 Å². The molecule has 0 amide bonds. The van der Waals surface area contributed by atoms with Crippen molar-refractivity contribution in [2.45, 2.75) is 46.2 Å². The topological polar surface area (TPSA) is 29.9 Å². The van der Waals surface area contributed by atoms with Gasteiger partial charge >= 0.3 is 0 Å². The molecule has 0 atom stereocenters. The van der Waals surface area contributed by atoms with Crippen LogP contribution < -0.4 is 5.32 Å². The van der Waals surface area contributed by atoms with Crippen LogP contribution in [0.4, 0.5) is 0 Å². The highest BCUT2D eigenvalue weighted by Gasteiger charge is 2.04. The minimum absolute atomic E-state index is 0.589. The summed E-state index contributed by atoms with van der Waals surface area (Å²) < 4.78 is 2.22. The van der Waals surface area contributed by atoms with Gasteiger partial charge in [0.15, 0.2) is 0 Å². The van der Waals surface area contributed by atoms with Crippen LogP contribution in [0.15, 0.2) is 36.7 Å². The van der Waals surface area contributed by atoms with Crippen molar-refractivity contribution in [3.63, 3.8) is 0 Å². The fraction of sp³-hybridized carbons (Fsp3) is 0.471. The number of nitrogens with zero attached hydrogens (tertiary/aromatic N) is 2. The summed E-state index contributed by atoms with van der Waals surface area (Å²) in [4.78, 5) is 4.43.